The van der Waals surface area contributed by atoms with Gasteiger partial charge in [-0.3, -0.25) is 14.9 Å². The van der Waals surface area contributed by atoms with E-state index in [1.807, 2.05) is 0 Å². The Morgan fingerprint density at radius 3 is 2.92 bits per heavy atom. The van der Waals surface area contributed by atoms with Crippen LogP contribution in [0.1, 0.15) is 12.8 Å². The van der Waals surface area contributed by atoms with Crippen molar-refractivity contribution in [1.82, 2.24) is 25.1 Å². The summed E-state index contributed by atoms with van der Waals surface area (Å²) in [5.74, 6) is 0.198. The molecular formula is C16H14N6O3S. The third-order valence-electron chi connectivity index (χ3n) is 3.86. The minimum Gasteiger partial charge on any atom is -0.353 e. The molecule has 26 heavy (non-hydrogen) atoms. The minimum absolute atomic E-state index is 0.000464. The Balaban J connectivity index is 1.58. The summed E-state index contributed by atoms with van der Waals surface area (Å²) in [6.07, 6.45) is 2.08. The second-order valence-corrected chi connectivity index (χ2v) is 6.85. The highest BCUT2D eigenvalue weighted by atomic mass is 32.2. The van der Waals surface area contributed by atoms with E-state index in [9.17, 15) is 14.9 Å². The molecule has 9 nitrogen and oxygen atoms in total. The van der Waals surface area contributed by atoms with Crippen LogP contribution in [-0.4, -0.2) is 42.4 Å². The van der Waals surface area contributed by atoms with Crippen LogP contribution in [0.5, 0.6) is 0 Å². The first-order chi connectivity index (χ1) is 12.6. The Bertz CT molecular complexity index is 1000. The average molecular weight is 370 g/mol. The van der Waals surface area contributed by atoms with Crippen molar-refractivity contribution in [3.63, 3.8) is 0 Å². The Labute approximate surface area is 152 Å². The number of non-ortho nitro benzene ring substituents is 1. The number of hydrogen-bond acceptors (Lipinski definition) is 7. The average Bonchev–Trinajstić information content (AvgIpc) is 3.37. The van der Waals surface area contributed by atoms with Crippen LogP contribution in [-0.2, 0) is 4.79 Å². The maximum atomic E-state index is 11.8. The molecule has 132 valence electrons. The number of hydrogen-bond donors (Lipinski definition) is 1. The lowest BCUT2D eigenvalue weighted by Gasteiger charge is -2.04. The first kappa shape index (κ1) is 16.5. The number of amides is 1. The second kappa shape index (κ2) is 6.71. The zero-order valence-corrected chi connectivity index (χ0v) is 14.3. The molecule has 2 heterocycles. The molecule has 1 N–H and O–H groups in total. The number of fused-ring (bicyclic) bond motifs is 1. The molecule has 1 aromatic carbocycles. The summed E-state index contributed by atoms with van der Waals surface area (Å²) in [4.78, 5) is 22.4. The smallest absolute Gasteiger partial charge is 0.270 e. The molecule has 0 aliphatic heterocycles. The standard InChI is InChI=1S/C16H14N6O3S/c23-15(17-11-4-5-11)9-26-16-19-18-14-7-6-13(20-21(14)16)10-2-1-3-12(8-10)22(24)25/h1-3,6-8,11H,4-5,9H2,(H,17,23). The predicted molar refractivity (Wildman–Crippen MR) is 94.8 cm³/mol. The molecule has 1 fully saturated rings. The van der Waals surface area contributed by atoms with E-state index in [4.69, 9.17) is 0 Å². The van der Waals surface area contributed by atoms with E-state index in [-0.39, 0.29) is 17.3 Å². The summed E-state index contributed by atoms with van der Waals surface area (Å²) in [5, 5.41) is 27.0. The molecule has 0 spiro atoms. The molecule has 1 amide bonds. The van der Waals surface area contributed by atoms with Crippen LogP contribution in [0.4, 0.5) is 5.69 Å². The molecule has 0 radical (unpaired) electrons. The van der Waals surface area contributed by atoms with Crippen molar-refractivity contribution in [2.24, 2.45) is 0 Å². The number of aromatic nitrogens is 4. The maximum absolute atomic E-state index is 11.8. The van der Waals surface area contributed by atoms with Crippen LogP contribution in [0, 0.1) is 10.1 Å². The van der Waals surface area contributed by atoms with Crippen LogP contribution >= 0.6 is 11.8 Å². The Hall–Kier alpha value is -3.01. The SMILES string of the molecule is O=C(CSc1nnc2ccc(-c3cccc([N+](=O)[O-])c3)nn12)NC1CC1. The van der Waals surface area contributed by atoms with E-state index >= 15 is 0 Å². The number of rotatable bonds is 6. The van der Waals surface area contributed by atoms with Gasteiger partial charge in [0.25, 0.3) is 5.69 Å². The number of benzene rings is 1. The molecule has 10 heteroatoms. The van der Waals surface area contributed by atoms with Crippen molar-refractivity contribution in [3.8, 4) is 11.3 Å². The van der Waals surface area contributed by atoms with Gasteiger partial charge in [0.05, 0.1) is 16.4 Å². The van der Waals surface area contributed by atoms with Gasteiger partial charge in [-0.05, 0) is 25.0 Å². The van der Waals surface area contributed by atoms with Gasteiger partial charge in [0.1, 0.15) is 0 Å². The summed E-state index contributed by atoms with van der Waals surface area (Å²) in [6.45, 7) is 0. The molecule has 1 saturated carbocycles. The number of thioether (sulfide) groups is 1. The lowest BCUT2D eigenvalue weighted by molar-refractivity contribution is -0.384. The number of carbonyl (C=O) groups excluding carboxylic acids is 1. The first-order valence-electron chi connectivity index (χ1n) is 7.99. The van der Waals surface area contributed by atoms with Crippen molar-refractivity contribution in [3.05, 3.63) is 46.5 Å². The van der Waals surface area contributed by atoms with Crippen LogP contribution in [0.15, 0.2) is 41.6 Å². The van der Waals surface area contributed by atoms with E-state index in [0.29, 0.717) is 28.1 Å². The van der Waals surface area contributed by atoms with Crippen molar-refractivity contribution in [2.45, 2.75) is 24.0 Å². The van der Waals surface area contributed by atoms with Gasteiger partial charge in [0.15, 0.2) is 5.65 Å². The monoisotopic (exact) mass is 370 g/mol. The molecule has 0 atom stereocenters. The third kappa shape index (κ3) is 3.49. The number of nitro benzene ring substituents is 1. The van der Waals surface area contributed by atoms with Crippen molar-refractivity contribution in [2.75, 3.05) is 5.75 Å². The number of nitro groups is 1. The molecular weight excluding hydrogens is 356 g/mol. The molecule has 2 aromatic heterocycles. The van der Waals surface area contributed by atoms with E-state index in [1.54, 1.807) is 28.8 Å². The summed E-state index contributed by atoms with van der Waals surface area (Å²) in [6, 6.07) is 10.1. The fraction of sp³-hybridized carbons (Fsp3) is 0.250. The van der Waals surface area contributed by atoms with Gasteiger partial charge in [-0.1, -0.05) is 23.9 Å². The van der Waals surface area contributed by atoms with Gasteiger partial charge in [0.2, 0.25) is 11.1 Å². The van der Waals surface area contributed by atoms with E-state index < -0.39 is 4.92 Å². The summed E-state index contributed by atoms with van der Waals surface area (Å²) in [5.41, 5.74) is 1.73. The topological polar surface area (TPSA) is 115 Å². The molecule has 1 aliphatic rings. The van der Waals surface area contributed by atoms with Crippen LogP contribution in [0.25, 0.3) is 16.9 Å². The van der Waals surface area contributed by atoms with Crippen LogP contribution < -0.4 is 5.32 Å². The van der Waals surface area contributed by atoms with E-state index in [0.717, 1.165) is 12.8 Å². The van der Waals surface area contributed by atoms with E-state index in [1.165, 1.54) is 23.9 Å². The number of nitrogens with zero attached hydrogens (tertiary/aromatic N) is 5. The number of carbonyl (C=O) groups is 1. The molecule has 0 bridgehead atoms. The van der Waals surface area contributed by atoms with Gasteiger partial charge >= 0.3 is 0 Å². The Morgan fingerprint density at radius 2 is 2.15 bits per heavy atom. The molecule has 0 saturated heterocycles. The second-order valence-electron chi connectivity index (χ2n) is 5.91. The van der Waals surface area contributed by atoms with Gasteiger partial charge in [-0.25, -0.2) is 0 Å². The lowest BCUT2D eigenvalue weighted by Crippen LogP contribution is -2.27. The Kier molecular flexibility index (Phi) is 4.25. The summed E-state index contributed by atoms with van der Waals surface area (Å²) >= 11 is 1.25. The number of nitrogens with one attached hydrogen (secondary N) is 1. The van der Waals surface area contributed by atoms with Crippen LogP contribution in [0.2, 0.25) is 0 Å². The fourth-order valence-electron chi connectivity index (χ4n) is 2.42. The summed E-state index contributed by atoms with van der Waals surface area (Å²) < 4.78 is 1.54. The van der Waals surface area contributed by atoms with Gasteiger partial charge in [-0.15, -0.1) is 10.2 Å². The zero-order valence-electron chi connectivity index (χ0n) is 13.5. The molecule has 0 unspecified atom stereocenters. The van der Waals surface area contributed by atoms with Gasteiger partial charge in [-0.2, -0.15) is 9.61 Å². The predicted octanol–water partition coefficient (Wildman–Crippen LogP) is 2.07. The molecule has 3 aromatic rings. The van der Waals surface area contributed by atoms with Crippen molar-refractivity contribution >= 4 is 29.0 Å². The highest BCUT2D eigenvalue weighted by Crippen LogP contribution is 2.24. The molecule has 4 rings (SSSR count). The van der Waals surface area contributed by atoms with Gasteiger partial charge in [0, 0.05) is 23.7 Å². The highest BCUT2D eigenvalue weighted by molar-refractivity contribution is 7.99. The quantitative estimate of drug-likeness (QED) is 0.401. The van der Waals surface area contributed by atoms with Crippen LogP contribution in [0.3, 0.4) is 0 Å². The fourth-order valence-corrected chi connectivity index (χ4v) is 3.12. The Morgan fingerprint density at radius 1 is 1.31 bits per heavy atom. The van der Waals surface area contributed by atoms with E-state index in [2.05, 4.69) is 20.6 Å². The third-order valence-corrected chi connectivity index (χ3v) is 4.78. The maximum Gasteiger partial charge on any atom is 0.270 e. The summed E-state index contributed by atoms with van der Waals surface area (Å²) in [7, 11) is 0. The van der Waals surface area contributed by atoms with Crippen molar-refractivity contribution in [1.29, 1.82) is 0 Å². The molecule has 1 aliphatic carbocycles. The normalized spacial score (nSPS) is 13.7. The largest absolute Gasteiger partial charge is 0.353 e. The highest BCUT2D eigenvalue weighted by Gasteiger charge is 2.23. The zero-order chi connectivity index (χ0) is 18.1. The minimum atomic E-state index is -0.444. The lowest BCUT2D eigenvalue weighted by atomic mass is 10.1. The first-order valence-corrected chi connectivity index (χ1v) is 8.98. The van der Waals surface area contributed by atoms with Crippen molar-refractivity contribution < 1.29 is 9.72 Å². The van der Waals surface area contributed by atoms with Gasteiger partial charge < -0.3 is 5.32 Å².